The van der Waals surface area contributed by atoms with E-state index in [-0.39, 0.29) is 11.9 Å². The SMILES string of the molecule is CCC(NC(=O)CC(C)C1CCCNC1)c1ncc[nH]1. The highest BCUT2D eigenvalue weighted by atomic mass is 16.1. The molecule has 1 amide bonds. The molecule has 5 heteroatoms. The number of aromatic nitrogens is 2. The summed E-state index contributed by atoms with van der Waals surface area (Å²) < 4.78 is 0. The second-order valence-electron chi connectivity index (χ2n) is 5.79. The minimum absolute atomic E-state index is 0.00539. The fraction of sp³-hybridized carbons (Fsp3) is 0.733. The Morgan fingerprint density at radius 2 is 2.45 bits per heavy atom. The summed E-state index contributed by atoms with van der Waals surface area (Å²) in [6.07, 6.45) is 7.42. The predicted octanol–water partition coefficient (Wildman–Crippen LogP) is 2.00. The number of carbonyl (C=O) groups excluding carboxylic acids is 1. The molecule has 1 fully saturated rings. The minimum Gasteiger partial charge on any atom is -0.347 e. The molecule has 112 valence electrons. The lowest BCUT2D eigenvalue weighted by atomic mass is 9.85. The van der Waals surface area contributed by atoms with E-state index in [0.717, 1.165) is 25.3 Å². The number of carbonyl (C=O) groups is 1. The molecular weight excluding hydrogens is 252 g/mol. The van der Waals surface area contributed by atoms with Crippen molar-refractivity contribution in [2.24, 2.45) is 11.8 Å². The van der Waals surface area contributed by atoms with Gasteiger partial charge in [-0.1, -0.05) is 13.8 Å². The third-order valence-corrected chi connectivity index (χ3v) is 4.24. The molecule has 1 aromatic rings. The Bertz CT molecular complexity index is 398. The highest BCUT2D eigenvalue weighted by molar-refractivity contribution is 5.76. The largest absolute Gasteiger partial charge is 0.347 e. The first-order valence-corrected chi connectivity index (χ1v) is 7.70. The summed E-state index contributed by atoms with van der Waals surface area (Å²) >= 11 is 0. The average molecular weight is 278 g/mol. The zero-order valence-corrected chi connectivity index (χ0v) is 12.5. The highest BCUT2D eigenvalue weighted by Gasteiger charge is 2.23. The maximum Gasteiger partial charge on any atom is 0.220 e. The quantitative estimate of drug-likeness (QED) is 0.745. The average Bonchev–Trinajstić information content (AvgIpc) is 2.99. The van der Waals surface area contributed by atoms with Crippen molar-refractivity contribution in [3.8, 4) is 0 Å². The third kappa shape index (κ3) is 4.07. The molecule has 0 saturated carbocycles. The molecule has 0 bridgehead atoms. The monoisotopic (exact) mass is 278 g/mol. The van der Waals surface area contributed by atoms with Gasteiger partial charge < -0.3 is 15.6 Å². The Morgan fingerprint density at radius 1 is 1.60 bits per heavy atom. The summed E-state index contributed by atoms with van der Waals surface area (Å²) in [4.78, 5) is 19.5. The number of nitrogens with zero attached hydrogens (tertiary/aromatic N) is 1. The topological polar surface area (TPSA) is 69.8 Å². The molecule has 1 saturated heterocycles. The van der Waals surface area contributed by atoms with Gasteiger partial charge in [0, 0.05) is 18.8 Å². The number of imidazole rings is 1. The summed E-state index contributed by atoms with van der Waals surface area (Å²) in [6, 6.07) is -0.00539. The van der Waals surface area contributed by atoms with Gasteiger partial charge in [-0.3, -0.25) is 4.79 Å². The van der Waals surface area contributed by atoms with E-state index in [0.29, 0.717) is 18.3 Å². The van der Waals surface area contributed by atoms with Crippen LogP contribution < -0.4 is 10.6 Å². The fourth-order valence-electron chi connectivity index (χ4n) is 2.91. The van der Waals surface area contributed by atoms with Crippen LogP contribution in [0.2, 0.25) is 0 Å². The van der Waals surface area contributed by atoms with Crippen LogP contribution in [-0.4, -0.2) is 29.0 Å². The molecule has 5 nitrogen and oxygen atoms in total. The summed E-state index contributed by atoms with van der Waals surface area (Å²) in [5.74, 6) is 2.02. The Balaban J connectivity index is 1.81. The minimum atomic E-state index is -0.00539. The molecule has 20 heavy (non-hydrogen) atoms. The van der Waals surface area contributed by atoms with Gasteiger partial charge in [-0.05, 0) is 44.2 Å². The first-order valence-electron chi connectivity index (χ1n) is 7.70. The Hall–Kier alpha value is -1.36. The lowest BCUT2D eigenvalue weighted by molar-refractivity contribution is -0.123. The van der Waals surface area contributed by atoms with Crippen LogP contribution in [0.5, 0.6) is 0 Å². The van der Waals surface area contributed by atoms with E-state index < -0.39 is 0 Å². The van der Waals surface area contributed by atoms with Crippen LogP contribution in [0.15, 0.2) is 12.4 Å². The maximum absolute atomic E-state index is 12.2. The van der Waals surface area contributed by atoms with Gasteiger partial charge in [-0.25, -0.2) is 4.98 Å². The summed E-state index contributed by atoms with van der Waals surface area (Å²) in [5, 5.41) is 6.50. The first kappa shape index (κ1) is 15.0. The molecule has 0 aromatic carbocycles. The van der Waals surface area contributed by atoms with Crippen LogP contribution in [0.4, 0.5) is 0 Å². The summed E-state index contributed by atoms with van der Waals surface area (Å²) in [6.45, 7) is 6.41. The van der Waals surface area contributed by atoms with Gasteiger partial charge in [0.1, 0.15) is 5.82 Å². The normalized spacial score (nSPS) is 22.2. The van der Waals surface area contributed by atoms with Crippen molar-refractivity contribution in [1.82, 2.24) is 20.6 Å². The predicted molar refractivity (Wildman–Crippen MR) is 79.1 cm³/mol. The molecule has 2 rings (SSSR count). The van der Waals surface area contributed by atoms with E-state index in [2.05, 4.69) is 34.4 Å². The van der Waals surface area contributed by atoms with E-state index in [9.17, 15) is 4.79 Å². The number of H-pyrrole nitrogens is 1. The molecule has 3 unspecified atom stereocenters. The van der Waals surface area contributed by atoms with Crippen molar-refractivity contribution >= 4 is 5.91 Å². The van der Waals surface area contributed by atoms with Gasteiger partial charge in [-0.15, -0.1) is 0 Å². The number of nitrogens with one attached hydrogen (secondary N) is 3. The van der Waals surface area contributed by atoms with Crippen LogP contribution >= 0.6 is 0 Å². The molecule has 1 aliphatic rings. The summed E-state index contributed by atoms with van der Waals surface area (Å²) in [7, 11) is 0. The number of hydrogen-bond donors (Lipinski definition) is 3. The van der Waals surface area contributed by atoms with Crippen LogP contribution in [-0.2, 0) is 4.79 Å². The molecule has 3 N–H and O–H groups in total. The second kappa shape index (κ2) is 7.43. The second-order valence-corrected chi connectivity index (χ2v) is 5.79. The van der Waals surface area contributed by atoms with E-state index in [1.54, 1.807) is 12.4 Å². The molecule has 1 aromatic heterocycles. The van der Waals surface area contributed by atoms with Gasteiger partial charge in [0.05, 0.1) is 6.04 Å². The van der Waals surface area contributed by atoms with E-state index in [4.69, 9.17) is 0 Å². The van der Waals surface area contributed by atoms with Crippen molar-refractivity contribution in [2.45, 2.75) is 45.6 Å². The maximum atomic E-state index is 12.2. The Morgan fingerprint density at radius 3 is 3.05 bits per heavy atom. The van der Waals surface area contributed by atoms with Crippen molar-refractivity contribution < 1.29 is 4.79 Å². The lowest BCUT2D eigenvalue weighted by Gasteiger charge is -2.28. The molecule has 2 heterocycles. The zero-order valence-electron chi connectivity index (χ0n) is 12.5. The van der Waals surface area contributed by atoms with Crippen LogP contribution in [0, 0.1) is 11.8 Å². The fourth-order valence-corrected chi connectivity index (χ4v) is 2.91. The summed E-state index contributed by atoms with van der Waals surface area (Å²) in [5.41, 5.74) is 0. The number of rotatable bonds is 6. The zero-order chi connectivity index (χ0) is 14.4. The van der Waals surface area contributed by atoms with Gasteiger partial charge >= 0.3 is 0 Å². The number of hydrogen-bond acceptors (Lipinski definition) is 3. The van der Waals surface area contributed by atoms with E-state index in [1.807, 2.05) is 0 Å². The van der Waals surface area contributed by atoms with E-state index >= 15 is 0 Å². The first-order chi connectivity index (χ1) is 9.70. The smallest absolute Gasteiger partial charge is 0.220 e. The Labute approximate surface area is 120 Å². The number of amides is 1. The van der Waals surface area contributed by atoms with E-state index in [1.165, 1.54) is 12.8 Å². The van der Waals surface area contributed by atoms with Gasteiger partial charge in [-0.2, -0.15) is 0 Å². The molecular formula is C15H26N4O. The van der Waals surface area contributed by atoms with Crippen molar-refractivity contribution in [3.05, 3.63) is 18.2 Å². The van der Waals surface area contributed by atoms with Crippen molar-refractivity contribution in [3.63, 3.8) is 0 Å². The number of aromatic amines is 1. The molecule has 3 atom stereocenters. The third-order valence-electron chi connectivity index (χ3n) is 4.24. The lowest BCUT2D eigenvalue weighted by Crippen LogP contribution is -2.36. The van der Waals surface area contributed by atoms with Crippen LogP contribution in [0.3, 0.4) is 0 Å². The van der Waals surface area contributed by atoms with Crippen molar-refractivity contribution in [1.29, 1.82) is 0 Å². The number of piperidine rings is 1. The molecule has 0 spiro atoms. The van der Waals surface area contributed by atoms with Crippen LogP contribution in [0.25, 0.3) is 0 Å². The van der Waals surface area contributed by atoms with Gasteiger partial charge in [0.25, 0.3) is 0 Å². The van der Waals surface area contributed by atoms with Crippen LogP contribution in [0.1, 0.15) is 51.4 Å². The highest BCUT2D eigenvalue weighted by Crippen LogP contribution is 2.23. The van der Waals surface area contributed by atoms with Gasteiger partial charge in [0.15, 0.2) is 0 Å². The molecule has 0 radical (unpaired) electrons. The molecule has 0 aliphatic carbocycles. The Kier molecular flexibility index (Phi) is 5.59. The molecule has 1 aliphatic heterocycles. The van der Waals surface area contributed by atoms with Gasteiger partial charge in [0.2, 0.25) is 5.91 Å². The standard InChI is InChI=1S/C15H26N4O/c1-3-13(15-17-7-8-18-15)19-14(20)9-11(2)12-5-4-6-16-10-12/h7-8,11-13,16H,3-6,9-10H2,1-2H3,(H,17,18)(H,19,20). The van der Waals surface area contributed by atoms with Crippen molar-refractivity contribution in [2.75, 3.05) is 13.1 Å².